The molecule has 23 heavy (non-hydrogen) atoms. The van der Waals surface area contributed by atoms with Gasteiger partial charge in [-0.2, -0.15) is 4.99 Å². The second-order valence-corrected chi connectivity index (χ2v) is 9.31. The Morgan fingerprint density at radius 3 is 2.35 bits per heavy atom. The van der Waals surface area contributed by atoms with Crippen molar-refractivity contribution in [1.82, 2.24) is 5.32 Å². The van der Waals surface area contributed by atoms with Crippen LogP contribution in [0.3, 0.4) is 0 Å². The number of nitrogens with one attached hydrogen (secondary N) is 1. The van der Waals surface area contributed by atoms with E-state index < -0.39 is 16.6 Å². The summed E-state index contributed by atoms with van der Waals surface area (Å²) in [6, 6.07) is 0. The highest BCUT2D eigenvalue weighted by atomic mass is 32.2. The van der Waals surface area contributed by atoms with Crippen LogP contribution < -0.4 is 5.32 Å². The number of nitrogens with zero attached hydrogens (tertiary/aromatic N) is 1. The van der Waals surface area contributed by atoms with E-state index in [4.69, 9.17) is 4.74 Å². The van der Waals surface area contributed by atoms with Crippen LogP contribution in [0.2, 0.25) is 0 Å². The molecule has 1 N–H and O–H groups in total. The SMILES string of the molecule is CCOC(=O)C1(C)SC(NC23CC4CC(CC(C4)C2)C3)=NC1=O. The monoisotopic (exact) mass is 336 g/mol. The largest absolute Gasteiger partial charge is 0.465 e. The average Bonchev–Trinajstić information content (AvgIpc) is 2.72. The van der Waals surface area contributed by atoms with Gasteiger partial charge in [0, 0.05) is 5.54 Å². The molecule has 1 heterocycles. The number of ether oxygens (including phenoxy) is 1. The predicted octanol–water partition coefficient (Wildman–Crippen LogP) is 2.50. The van der Waals surface area contributed by atoms with E-state index in [9.17, 15) is 9.59 Å². The third-order valence-corrected chi connectivity index (χ3v) is 7.12. The van der Waals surface area contributed by atoms with Crippen LogP contribution in [0.4, 0.5) is 0 Å². The summed E-state index contributed by atoms with van der Waals surface area (Å²) in [4.78, 5) is 28.5. The summed E-state index contributed by atoms with van der Waals surface area (Å²) in [7, 11) is 0. The molecule has 4 saturated carbocycles. The number of amidine groups is 1. The first-order chi connectivity index (χ1) is 10.9. The molecule has 0 spiro atoms. The van der Waals surface area contributed by atoms with E-state index in [1.54, 1.807) is 13.8 Å². The molecular weight excluding hydrogens is 312 g/mol. The fourth-order valence-corrected chi connectivity index (χ4v) is 6.46. The molecular formula is C17H24N2O3S. The molecule has 0 radical (unpaired) electrons. The topological polar surface area (TPSA) is 67.8 Å². The third kappa shape index (κ3) is 2.49. The van der Waals surface area contributed by atoms with E-state index in [-0.39, 0.29) is 12.1 Å². The molecule has 4 fully saturated rings. The van der Waals surface area contributed by atoms with Crippen molar-refractivity contribution in [2.45, 2.75) is 62.7 Å². The number of rotatable bonds is 3. The van der Waals surface area contributed by atoms with Crippen molar-refractivity contribution in [2.24, 2.45) is 22.7 Å². The molecule has 4 aliphatic carbocycles. The Labute approximate surface area is 141 Å². The molecule has 126 valence electrons. The lowest BCUT2D eigenvalue weighted by molar-refractivity contribution is -0.148. The van der Waals surface area contributed by atoms with Gasteiger partial charge in [-0.3, -0.25) is 4.79 Å². The fourth-order valence-electron chi connectivity index (χ4n) is 5.40. The lowest BCUT2D eigenvalue weighted by Crippen LogP contribution is -2.59. The van der Waals surface area contributed by atoms with Crippen molar-refractivity contribution in [3.05, 3.63) is 0 Å². The van der Waals surface area contributed by atoms with Crippen LogP contribution in [-0.4, -0.2) is 33.9 Å². The Bertz CT molecular complexity index is 553. The first-order valence-corrected chi connectivity index (χ1v) is 9.52. The molecule has 6 heteroatoms. The van der Waals surface area contributed by atoms with E-state index in [1.165, 1.54) is 50.3 Å². The van der Waals surface area contributed by atoms with Crippen LogP contribution in [0.1, 0.15) is 52.4 Å². The zero-order valence-electron chi connectivity index (χ0n) is 13.8. The predicted molar refractivity (Wildman–Crippen MR) is 89.1 cm³/mol. The molecule has 4 bridgehead atoms. The summed E-state index contributed by atoms with van der Waals surface area (Å²) in [6.07, 6.45) is 7.68. The van der Waals surface area contributed by atoms with Gasteiger partial charge in [0.25, 0.3) is 5.91 Å². The van der Waals surface area contributed by atoms with Gasteiger partial charge in [0.15, 0.2) is 9.91 Å². The van der Waals surface area contributed by atoms with Gasteiger partial charge in [-0.05, 0) is 70.1 Å². The second-order valence-electron chi connectivity index (χ2n) is 7.90. The second kappa shape index (κ2) is 5.23. The molecule has 0 saturated heterocycles. The number of carbonyl (C=O) groups is 2. The third-order valence-electron chi connectivity index (χ3n) is 5.99. The maximum atomic E-state index is 12.3. The average molecular weight is 336 g/mol. The molecule has 5 nitrogen and oxygen atoms in total. The Hall–Kier alpha value is -1.04. The van der Waals surface area contributed by atoms with Gasteiger partial charge in [0.05, 0.1) is 6.61 Å². The Morgan fingerprint density at radius 1 is 1.26 bits per heavy atom. The highest BCUT2D eigenvalue weighted by Gasteiger charge is 2.54. The lowest BCUT2D eigenvalue weighted by atomic mass is 9.53. The number of aliphatic imine (C=N–C) groups is 1. The molecule has 5 aliphatic rings. The Morgan fingerprint density at radius 2 is 1.83 bits per heavy atom. The lowest BCUT2D eigenvalue weighted by Gasteiger charge is -2.57. The summed E-state index contributed by atoms with van der Waals surface area (Å²) in [6.45, 7) is 3.65. The van der Waals surface area contributed by atoms with Crippen LogP contribution in [0.15, 0.2) is 4.99 Å². The Balaban J connectivity index is 1.49. The molecule has 5 rings (SSSR count). The zero-order chi connectivity index (χ0) is 16.2. The van der Waals surface area contributed by atoms with Gasteiger partial charge in [-0.1, -0.05) is 11.8 Å². The van der Waals surface area contributed by atoms with Crippen molar-refractivity contribution in [1.29, 1.82) is 0 Å². The summed E-state index contributed by atoms with van der Waals surface area (Å²) in [5.74, 6) is 1.60. The Kier molecular flexibility index (Phi) is 3.52. The molecule has 1 amide bonds. The number of esters is 1. The number of thioether (sulfide) groups is 1. The normalized spacial score (nSPS) is 44.3. The minimum Gasteiger partial charge on any atom is -0.465 e. The van der Waals surface area contributed by atoms with Gasteiger partial charge in [-0.15, -0.1) is 0 Å². The van der Waals surface area contributed by atoms with Crippen LogP contribution in [0, 0.1) is 17.8 Å². The first kappa shape index (κ1) is 15.5. The maximum absolute atomic E-state index is 12.3. The van der Waals surface area contributed by atoms with Crippen molar-refractivity contribution in [2.75, 3.05) is 6.61 Å². The highest BCUT2D eigenvalue weighted by Crippen LogP contribution is 2.56. The molecule has 1 unspecified atom stereocenters. The van der Waals surface area contributed by atoms with Gasteiger partial charge in [0.2, 0.25) is 0 Å². The van der Waals surface area contributed by atoms with E-state index in [2.05, 4.69) is 10.3 Å². The summed E-state index contributed by atoms with van der Waals surface area (Å²) in [5, 5.41) is 4.21. The van der Waals surface area contributed by atoms with E-state index in [1.807, 2.05) is 0 Å². The molecule has 1 atom stereocenters. The van der Waals surface area contributed by atoms with Crippen LogP contribution in [-0.2, 0) is 14.3 Å². The quantitative estimate of drug-likeness (QED) is 0.633. The zero-order valence-corrected chi connectivity index (χ0v) is 14.6. The number of hydrogen-bond donors (Lipinski definition) is 1. The van der Waals surface area contributed by atoms with E-state index >= 15 is 0 Å². The van der Waals surface area contributed by atoms with E-state index in [0.717, 1.165) is 17.8 Å². The first-order valence-electron chi connectivity index (χ1n) is 8.70. The van der Waals surface area contributed by atoms with Crippen LogP contribution in [0.5, 0.6) is 0 Å². The minimum atomic E-state index is -1.22. The van der Waals surface area contributed by atoms with Gasteiger partial charge in [0.1, 0.15) is 0 Å². The fraction of sp³-hybridized carbons (Fsp3) is 0.824. The van der Waals surface area contributed by atoms with Gasteiger partial charge < -0.3 is 10.1 Å². The summed E-state index contributed by atoms with van der Waals surface area (Å²) in [5.41, 5.74) is 0.0980. The number of carbonyl (C=O) groups excluding carboxylic acids is 2. The minimum absolute atomic E-state index is 0.0980. The van der Waals surface area contributed by atoms with Gasteiger partial charge in [-0.25, -0.2) is 4.79 Å². The molecule has 0 aromatic heterocycles. The standard InChI is InChI=1S/C17H24N2O3S/c1-3-22-14(21)16(2)13(20)18-15(23-16)19-17-7-10-4-11(8-17)6-12(5-10)9-17/h10-12H,3-9H2,1-2H3,(H,18,19,20). The summed E-state index contributed by atoms with van der Waals surface area (Å²) >= 11 is 1.23. The molecule has 0 aromatic rings. The van der Waals surface area contributed by atoms with Crippen LogP contribution >= 0.6 is 11.8 Å². The van der Waals surface area contributed by atoms with E-state index in [0.29, 0.717) is 5.17 Å². The number of amides is 1. The number of hydrogen-bond acceptors (Lipinski definition) is 5. The maximum Gasteiger partial charge on any atom is 0.332 e. The molecule has 1 aliphatic heterocycles. The van der Waals surface area contributed by atoms with Crippen molar-refractivity contribution in [3.8, 4) is 0 Å². The van der Waals surface area contributed by atoms with Crippen molar-refractivity contribution < 1.29 is 14.3 Å². The smallest absolute Gasteiger partial charge is 0.332 e. The molecule has 0 aromatic carbocycles. The summed E-state index contributed by atoms with van der Waals surface area (Å²) < 4.78 is 3.84. The van der Waals surface area contributed by atoms with Gasteiger partial charge >= 0.3 is 5.97 Å². The van der Waals surface area contributed by atoms with Crippen LogP contribution in [0.25, 0.3) is 0 Å². The van der Waals surface area contributed by atoms with Crippen molar-refractivity contribution in [3.63, 3.8) is 0 Å². The van der Waals surface area contributed by atoms with Crippen molar-refractivity contribution >= 4 is 28.8 Å². The highest BCUT2D eigenvalue weighted by molar-refractivity contribution is 8.16.